The van der Waals surface area contributed by atoms with E-state index in [1.165, 1.54) is 26.2 Å². The summed E-state index contributed by atoms with van der Waals surface area (Å²) < 4.78 is 82.9. The Labute approximate surface area is 621 Å². The van der Waals surface area contributed by atoms with E-state index < -0.39 is 29.1 Å². The zero-order valence-electron chi connectivity index (χ0n) is 63.6. The number of unbranched alkanes of at least 4 members (excludes halogenated alkanes) is 5. The van der Waals surface area contributed by atoms with Gasteiger partial charge in [-0.05, 0) is 114 Å². The lowest BCUT2D eigenvalue weighted by Gasteiger charge is -2.23. The predicted molar refractivity (Wildman–Crippen MR) is 390 cm³/mol. The number of ether oxygens (including phenoxy) is 15. The SMILES string of the molecule is CC(=O)CCC1(C)OCC(COC(=O)c2ccccc2)O1.CC(C)CCCCCCOC(=O)CCC1(C)OCC(COC(=O)c2ccccc2)O1.CCCCC(CC)COC(=O)CCC1(C)OCC(COC(=O)c2ccccc2)O1.CCCCOC(=O)CCC1(C)OCC(COC(=O)c2ccccc2)O1. The van der Waals surface area contributed by atoms with Gasteiger partial charge in [-0.15, -0.1) is 0 Å². The second-order valence-corrected chi connectivity index (χ2v) is 27.8. The molecule has 4 aliphatic heterocycles. The van der Waals surface area contributed by atoms with Crippen LogP contribution in [0.4, 0.5) is 0 Å². The molecule has 0 bridgehead atoms. The Morgan fingerprint density at radius 1 is 0.381 bits per heavy atom. The number of esters is 7. The van der Waals surface area contributed by atoms with Crippen LogP contribution in [0.15, 0.2) is 121 Å². The van der Waals surface area contributed by atoms with Gasteiger partial charge in [-0.3, -0.25) is 14.4 Å². The van der Waals surface area contributed by atoms with Crippen LogP contribution in [0.3, 0.4) is 0 Å². The zero-order valence-corrected chi connectivity index (χ0v) is 63.6. The van der Waals surface area contributed by atoms with E-state index in [0.29, 0.717) is 107 Å². The first-order valence-electron chi connectivity index (χ1n) is 37.5. The van der Waals surface area contributed by atoms with E-state index in [0.717, 1.165) is 57.3 Å². The van der Waals surface area contributed by atoms with Crippen LogP contribution < -0.4 is 0 Å². The molecule has 105 heavy (non-hydrogen) atoms. The molecule has 0 aromatic heterocycles. The predicted octanol–water partition coefficient (Wildman–Crippen LogP) is 14.9. The Balaban J connectivity index is 0.000000253. The van der Waals surface area contributed by atoms with Crippen LogP contribution in [-0.4, -0.2) is 168 Å². The fourth-order valence-electron chi connectivity index (χ4n) is 11.2. The molecule has 8 rings (SSSR count). The van der Waals surface area contributed by atoms with Crippen molar-refractivity contribution < 1.29 is 109 Å². The van der Waals surface area contributed by atoms with Crippen LogP contribution in [0.1, 0.15) is 233 Å². The molecule has 4 fully saturated rings. The minimum atomic E-state index is -0.866. The number of carbonyl (C=O) groups is 8. The second-order valence-electron chi connectivity index (χ2n) is 27.8. The third-order valence-corrected chi connectivity index (χ3v) is 17.6. The number of ketones is 1. The first kappa shape index (κ1) is 88.2. The van der Waals surface area contributed by atoms with Crippen molar-refractivity contribution >= 4 is 47.6 Å². The fourth-order valence-corrected chi connectivity index (χ4v) is 11.2. The maximum Gasteiger partial charge on any atom is 0.338 e. The molecule has 9 unspecified atom stereocenters. The Kier molecular flexibility index (Phi) is 40.3. The number of rotatable bonds is 40. The number of hydrogen-bond acceptors (Lipinski definition) is 23. The van der Waals surface area contributed by atoms with Gasteiger partial charge in [-0.25, -0.2) is 19.2 Å². The maximum absolute atomic E-state index is 12.1. The molecule has 0 radical (unpaired) electrons. The molecular weight excluding hydrogens is 1350 g/mol. The molecule has 4 saturated heterocycles. The van der Waals surface area contributed by atoms with Crippen molar-refractivity contribution in [2.45, 2.75) is 239 Å². The summed E-state index contributed by atoms with van der Waals surface area (Å²) >= 11 is 0. The van der Waals surface area contributed by atoms with E-state index in [1.807, 2.05) is 31.2 Å². The average Bonchev–Trinajstić information content (AvgIpc) is 1.73. The molecule has 0 aliphatic carbocycles. The van der Waals surface area contributed by atoms with Crippen LogP contribution in [-0.2, 0) is 90.2 Å². The Bertz CT molecular complexity index is 3170. The third kappa shape index (κ3) is 36.1. The Hall–Kier alpha value is -7.48. The highest BCUT2D eigenvalue weighted by molar-refractivity contribution is 5.90. The largest absolute Gasteiger partial charge is 0.466 e. The Morgan fingerprint density at radius 2 is 0.686 bits per heavy atom. The van der Waals surface area contributed by atoms with Crippen LogP contribution in [0, 0.1) is 11.8 Å². The number of benzene rings is 4. The molecule has 23 nitrogen and oxygen atoms in total. The van der Waals surface area contributed by atoms with E-state index in [9.17, 15) is 38.4 Å². The summed E-state index contributed by atoms with van der Waals surface area (Å²) in [6.07, 6.45) is 13.5. The van der Waals surface area contributed by atoms with E-state index in [2.05, 4.69) is 27.7 Å². The number of hydrogen-bond donors (Lipinski definition) is 0. The summed E-state index contributed by atoms with van der Waals surface area (Å²) in [5.41, 5.74) is 2.01. The summed E-state index contributed by atoms with van der Waals surface area (Å²) in [5.74, 6) is -4.33. The topological polar surface area (TPSA) is 275 Å². The summed E-state index contributed by atoms with van der Waals surface area (Å²) in [6.45, 7) is 22.7. The lowest BCUT2D eigenvalue weighted by molar-refractivity contribution is -0.171. The van der Waals surface area contributed by atoms with Crippen molar-refractivity contribution in [3.8, 4) is 0 Å². The molecule has 0 spiro atoms. The highest BCUT2D eigenvalue weighted by atomic mass is 16.8. The van der Waals surface area contributed by atoms with Gasteiger partial charge in [0.15, 0.2) is 23.1 Å². The van der Waals surface area contributed by atoms with Gasteiger partial charge < -0.3 is 75.8 Å². The van der Waals surface area contributed by atoms with Crippen molar-refractivity contribution in [2.75, 3.05) is 72.7 Å². The van der Waals surface area contributed by atoms with Crippen molar-refractivity contribution in [2.24, 2.45) is 11.8 Å². The van der Waals surface area contributed by atoms with Crippen LogP contribution in [0.5, 0.6) is 0 Å². The minimum Gasteiger partial charge on any atom is -0.466 e. The van der Waals surface area contributed by atoms with Crippen molar-refractivity contribution in [1.29, 1.82) is 0 Å². The summed E-state index contributed by atoms with van der Waals surface area (Å²) in [7, 11) is 0. The molecule has 0 amide bonds. The maximum atomic E-state index is 12.1. The van der Waals surface area contributed by atoms with Gasteiger partial charge in [0.2, 0.25) is 0 Å². The van der Waals surface area contributed by atoms with Gasteiger partial charge in [0.25, 0.3) is 0 Å². The first-order chi connectivity index (χ1) is 50.3. The molecule has 4 aliphatic rings. The number of Topliss-reactive ketones (excluding diaryl/α,β-unsaturated/α-hetero) is 1. The van der Waals surface area contributed by atoms with Gasteiger partial charge in [0.1, 0.15) is 56.6 Å². The molecule has 582 valence electrons. The second kappa shape index (κ2) is 48.0. The molecule has 9 atom stereocenters. The van der Waals surface area contributed by atoms with Gasteiger partial charge >= 0.3 is 41.8 Å². The lowest BCUT2D eigenvalue weighted by atomic mass is 10.0. The smallest absolute Gasteiger partial charge is 0.338 e. The van der Waals surface area contributed by atoms with Crippen LogP contribution in [0.25, 0.3) is 0 Å². The highest BCUT2D eigenvalue weighted by Gasteiger charge is 2.42. The van der Waals surface area contributed by atoms with Crippen molar-refractivity contribution in [1.82, 2.24) is 0 Å². The summed E-state index contributed by atoms with van der Waals surface area (Å²) in [4.78, 5) is 94.5. The summed E-state index contributed by atoms with van der Waals surface area (Å²) in [5, 5.41) is 0. The molecule has 4 heterocycles. The molecule has 4 aromatic carbocycles. The first-order valence-corrected chi connectivity index (χ1v) is 37.5. The van der Waals surface area contributed by atoms with Gasteiger partial charge in [-0.1, -0.05) is 159 Å². The molecule has 4 aromatic rings. The van der Waals surface area contributed by atoms with Crippen molar-refractivity contribution in [3.05, 3.63) is 144 Å². The quantitative estimate of drug-likeness (QED) is 0.0227. The molecule has 23 heteroatoms. The van der Waals surface area contributed by atoms with E-state index in [4.69, 9.17) is 71.1 Å². The fraction of sp³-hybridized carbons (Fsp3) is 0.610. The number of carbonyl (C=O) groups excluding carboxylic acids is 8. The van der Waals surface area contributed by atoms with Gasteiger partial charge in [0, 0.05) is 32.1 Å². The van der Waals surface area contributed by atoms with E-state index >= 15 is 0 Å². The lowest BCUT2D eigenvalue weighted by Crippen LogP contribution is -2.29. The average molecular weight is 1470 g/mol. The molecule has 0 N–H and O–H groups in total. The normalized spacial score (nSPS) is 22.5. The highest BCUT2D eigenvalue weighted by Crippen LogP contribution is 2.33. The van der Waals surface area contributed by atoms with Gasteiger partial charge in [0.05, 0.1) is 87.8 Å². The summed E-state index contributed by atoms with van der Waals surface area (Å²) in [6, 6.07) is 35.2. The standard InChI is InChI=1S/C24H36O6.C23H34O6.C19H26O6.C16H20O5/c1-19(2)11-7-4-5-10-16-27-22(25)14-15-24(3)29-18-21(30-24)17-28-23(26)20-12-8-6-9-13-20;1-4-6-10-18(5-2)15-26-21(24)13-14-23(3)28-17-20(29-23)16-27-22(25)19-11-8-7-9-12-19;1-3-4-12-22-17(20)10-11-19(2)24-14-16(25-19)13-23-18(21)15-8-6-5-7-9-15;1-12(17)8-9-16(2)20-11-14(21-16)10-19-15(18)13-6-4-3-5-7-13/h6,8-9,12-13,19,21H,4-5,7,10-11,14-18H2,1-3H3;7-9,11-12,18,20H,4-6,10,13-17H2,1-3H3;5-9,16H,3-4,10-14H2,1-2H3;3-7,14H,8-11H2,1-2H3. The minimum absolute atomic E-state index is 0.0994. The van der Waals surface area contributed by atoms with Crippen molar-refractivity contribution in [3.63, 3.8) is 0 Å². The Morgan fingerprint density at radius 3 is 0.990 bits per heavy atom. The monoisotopic (exact) mass is 1470 g/mol. The zero-order chi connectivity index (χ0) is 76.4. The van der Waals surface area contributed by atoms with Crippen LogP contribution >= 0.6 is 0 Å². The van der Waals surface area contributed by atoms with E-state index in [1.54, 1.807) is 125 Å². The van der Waals surface area contributed by atoms with Gasteiger partial charge in [-0.2, -0.15) is 0 Å². The van der Waals surface area contributed by atoms with Crippen LogP contribution in [0.2, 0.25) is 0 Å². The van der Waals surface area contributed by atoms with E-state index in [-0.39, 0.29) is 112 Å². The third-order valence-electron chi connectivity index (χ3n) is 17.6. The molecule has 0 saturated carbocycles. The molecular formula is C82H116O23.